The largest absolute Gasteiger partial charge is 0.408 e. The summed E-state index contributed by atoms with van der Waals surface area (Å²) in [5.74, 6) is -0.646. The highest BCUT2D eigenvalue weighted by molar-refractivity contribution is 7.51. The predicted octanol–water partition coefficient (Wildman–Crippen LogP) is 3.91. The minimum absolute atomic E-state index is 0.109. The Labute approximate surface area is 318 Å². The highest BCUT2D eigenvalue weighted by atomic mass is 31.2. The molecule has 3 aromatic heterocycles. The Kier molecular flexibility index (Phi) is 12.1. The molecule has 0 saturated carbocycles. The first-order valence-electron chi connectivity index (χ1n) is 18.4. The van der Waals surface area contributed by atoms with E-state index in [2.05, 4.69) is 30.6 Å². The zero-order valence-electron chi connectivity index (χ0n) is 32.2. The Morgan fingerprint density at radius 3 is 2.44 bits per heavy atom. The highest BCUT2D eigenvalue weighted by Gasteiger charge is 2.49. The molecular weight excluding hydrogens is 733 g/mol. The van der Waals surface area contributed by atoms with Crippen molar-refractivity contribution in [2.75, 3.05) is 37.9 Å². The van der Waals surface area contributed by atoms with Gasteiger partial charge in [-0.15, -0.1) is 0 Å². The number of H-pyrrole nitrogens is 1. The van der Waals surface area contributed by atoms with Gasteiger partial charge in [-0.3, -0.25) is 32.8 Å². The van der Waals surface area contributed by atoms with Crippen molar-refractivity contribution in [2.45, 2.75) is 84.8 Å². The van der Waals surface area contributed by atoms with E-state index in [9.17, 15) is 24.1 Å². The number of hydrogen-bond donors (Lipinski definition) is 4. The van der Waals surface area contributed by atoms with Crippen LogP contribution in [0.15, 0.2) is 52.4 Å². The van der Waals surface area contributed by atoms with Gasteiger partial charge in [0.2, 0.25) is 5.95 Å². The van der Waals surface area contributed by atoms with Crippen LogP contribution in [0.25, 0.3) is 11.2 Å². The molecule has 6 rings (SSSR count). The van der Waals surface area contributed by atoms with Crippen LogP contribution in [0.4, 0.5) is 11.8 Å². The first-order chi connectivity index (χ1) is 26.1. The predicted molar refractivity (Wildman–Crippen MR) is 204 cm³/mol. The monoisotopic (exact) mass is 783 g/mol. The van der Waals surface area contributed by atoms with Crippen molar-refractivity contribution in [3.05, 3.63) is 74.8 Å². The van der Waals surface area contributed by atoms with E-state index in [1.165, 1.54) is 21.8 Å². The fourth-order valence-electron chi connectivity index (χ4n) is 6.74. The zero-order valence-corrected chi connectivity index (χ0v) is 33.1. The summed E-state index contributed by atoms with van der Waals surface area (Å²) in [5, 5.41) is 17.0. The molecule has 0 radical (unpaired) electrons. The molecule has 2 saturated heterocycles. The quantitative estimate of drug-likeness (QED) is 0.133. The summed E-state index contributed by atoms with van der Waals surface area (Å²) in [4.78, 5) is 54.5. The maximum Gasteiger partial charge on any atom is 0.408 e. The van der Waals surface area contributed by atoms with Crippen LogP contribution >= 0.6 is 7.75 Å². The Balaban J connectivity index is 1.15. The lowest BCUT2D eigenvalue weighted by Crippen LogP contribution is -2.33. The number of aromatic nitrogens is 6. The van der Waals surface area contributed by atoms with Crippen molar-refractivity contribution < 1.29 is 33.0 Å². The number of carbonyl (C=O) groups is 1. The number of benzene rings is 1. The number of aromatic amines is 1. The summed E-state index contributed by atoms with van der Waals surface area (Å²) >= 11 is 0. The van der Waals surface area contributed by atoms with E-state index in [0.29, 0.717) is 41.6 Å². The normalized spacial score (nSPS) is 26.5. The molecule has 0 bridgehead atoms. The molecule has 55 heavy (non-hydrogen) atoms. The lowest BCUT2D eigenvalue weighted by atomic mass is 10.0. The molecule has 1 aromatic carbocycles. The van der Waals surface area contributed by atoms with Gasteiger partial charge in [-0.25, -0.2) is 19.0 Å². The molecule has 2 aliphatic rings. The highest BCUT2D eigenvalue weighted by Crippen LogP contribution is 2.55. The second-order valence-corrected chi connectivity index (χ2v) is 16.9. The number of carbonyl (C=O) groups excluding carboxylic acids is 1. The number of rotatable bonds is 14. The molecule has 0 aliphatic carbocycles. The topological polar surface area (TPSA) is 217 Å². The molecule has 19 heteroatoms. The molecule has 4 N–H and O–H groups in total. The lowest BCUT2D eigenvalue weighted by Gasteiger charge is -2.30. The van der Waals surface area contributed by atoms with Crippen molar-refractivity contribution in [3.8, 4) is 0 Å². The van der Waals surface area contributed by atoms with Gasteiger partial charge in [-0.2, -0.15) is 9.97 Å². The van der Waals surface area contributed by atoms with Crippen LogP contribution in [-0.2, 0) is 23.1 Å². The number of hydrogen-bond acceptors (Lipinski definition) is 13. The van der Waals surface area contributed by atoms with Gasteiger partial charge < -0.3 is 25.2 Å². The van der Waals surface area contributed by atoms with Crippen LogP contribution in [-0.4, -0.2) is 96.4 Å². The Morgan fingerprint density at radius 1 is 1.07 bits per heavy atom. The average Bonchev–Trinajstić information content (AvgIpc) is 3.80. The SMILES string of the molecule is CC[C@H]1O[C@@H](n2cnc3c(=O)[nH]c(NCC(C)C)nc32)[C@@H](C)C1OP(=O)(OC[C@H]1O[C@@H](n2cc(C)c(NC(=O)c3ccccc3)nc2=O)[C@@H](C)C1O)N(C)C. The van der Waals surface area contributed by atoms with E-state index in [1.807, 2.05) is 27.7 Å². The Morgan fingerprint density at radius 2 is 1.76 bits per heavy atom. The number of aryl methyl sites for hydroxylation is 1. The average molecular weight is 784 g/mol. The standard InChI is InChI=1S/C36H50N9O9P/c1-9-24-28(22(6)34(52-24)45-18-38-26-30(45)41-35(42-32(26)48)37-15-19(2)3)54-55(50,43(7)8)51-17-25-27(46)21(5)33(53-25)44-16-20(4)29(40-36(44)49)39-31(47)23-13-11-10-12-14-23/h10-14,16,18-19,21-22,24-25,27-28,33-34,46H,9,15,17H2,1-8H3,(H2,37,41,42,48)(H,39,40,47,49)/t21-,22-,24+,25+,27?,28?,33+,34+,55?/m0/s1. The molecule has 298 valence electrons. The second kappa shape index (κ2) is 16.4. The summed E-state index contributed by atoms with van der Waals surface area (Å²) in [5.41, 5.74) is 0.334. The van der Waals surface area contributed by atoms with Crippen molar-refractivity contribution >= 4 is 36.6 Å². The van der Waals surface area contributed by atoms with Gasteiger partial charge in [0.25, 0.3) is 11.5 Å². The molecule has 9 atom stereocenters. The fraction of sp³-hybridized carbons (Fsp3) is 0.556. The minimum Gasteiger partial charge on any atom is -0.390 e. The van der Waals surface area contributed by atoms with Gasteiger partial charge in [0.05, 0.1) is 25.1 Å². The molecule has 0 spiro atoms. The van der Waals surface area contributed by atoms with Gasteiger partial charge in [0, 0.05) is 35.7 Å². The molecule has 4 aromatic rings. The molecule has 3 unspecified atom stereocenters. The number of ether oxygens (including phenoxy) is 2. The third-order valence-corrected chi connectivity index (χ3v) is 11.9. The van der Waals surface area contributed by atoms with E-state index < -0.39 is 68.1 Å². The molecule has 18 nitrogen and oxygen atoms in total. The molecule has 2 fully saturated rings. The first kappa shape index (κ1) is 40.4. The van der Waals surface area contributed by atoms with E-state index in [0.717, 1.165) is 0 Å². The van der Waals surface area contributed by atoms with E-state index in [1.54, 1.807) is 62.8 Å². The van der Waals surface area contributed by atoms with Crippen molar-refractivity contribution in [3.63, 3.8) is 0 Å². The maximum absolute atomic E-state index is 14.4. The van der Waals surface area contributed by atoms with Gasteiger partial charge in [0.1, 0.15) is 30.5 Å². The number of amides is 1. The Hall–Kier alpha value is -4.29. The van der Waals surface area contributed by atoms with Crippen LogP contribution in [0.5, 0.6) is 0 Å². The fourth-order valence-corrected chi connectivity index (χ4v) is 8.19. The van der Waals surface area contributed by atoms with Crippen LogP contribution in [0.2, 0.25) is 0 Å². The minimum atomic E-state index is -4.03. The van der Waals surface area contributed by atoms with Crippen LogP contribution in [0.3, 0.4) is 0 Å². The van der Waals surface area contributed by atoms with Crippen LogP contribution in [0, 0.1) is 24.7 Å². The van der Waals surface area contributed by atoms with Gasteiger partial charge >= 0.3 is 13.4 Å². The van der Waals surface area contributed by atoms with Gasteiger partial charge in [-0.1, -0.05) is 52.8 Å². The number of anilines is 2. The van der Waals surface area contributed by atoms with Crippen LogP contribution < -0.4 is 21.9 Å². The molecule has 1 amide bonds. The van der Waals surface area contributed by atoms with E-state index in [4.69, 9.17) is 18.5 Å². The molecular formula is C36H50N9O9P. The molecule has 5 heterocycles. The number of nitrogens with zero attached hydrogens (tertiary/aromatic N) is 6. The third-order valence-electron chi connectivity index (χ3n) is 9.94. The first-order valence-corrected chi connectivity index (χ1v) is 19.9. The van der Waals surface area contributed by atoms with Crippen LogP contribution in [0.1, 0.15) is 69.4 Å². The number of fused-ring (bicyclic) bond motifs is 1. The number of imidazole rings is 1. The summed E-state index contributed by atoms with van der Waals surface area (Å²) < 4.78 is 43.7. The smallest absolute Gasteiger partial charge is 0.390 e. The number of aliphatic hydroxyl groups is 1. The molecule has 2 aliphatic heterocycles. The summed E-state index contributed by atoms with van der Waals surface area (Å²) in [6, 6.07) is 8.56. The van der Waals surface area contributed by atoms with Gasteiger partial charge in [-0.05, 0) is 45.5 Å². The summed E-state index contributed by atoms with van der Waals surface area (Å²) in [6.07, 6.45) is -1.34. The number of nitrogens with one attached hydrogen (secondary N) is 3. The van der Waals surface area contributed by atoms with Crippen molar-refractivity contribution in [1.29, 1.82) is 0 Å². The summed E-state index contributed by atoms with van der Waals surface area (Å²) in [6.45, 7) is 11.6. The number of aliphatic hydroxyl groups excluding tert-OH is 1. The van der Waals surface area contributed by atoms with Crippen molar-refractivity contribution in [2.24, 2.45) is 17.8 Å². The maximum atomic E-state index is 14.4. The Bertz CT molecular complexity index is 2160. The lowest BCUT2D eigenvalue weighted by molar-refractivity contribution is -0.0505. The second-order valence-electron chi connectivity index (χ2n) is 14.7. The summed E-state index contributed by atoms with van der Waals surface area (Å²) in [7, 11) is -0.904. The van der Waals surface area contributed by atoms with E-state index in [-0.39, 0.29) is 23.5 Å². The van der Waals surface area contributed by atoms with E-state index >= 15 is 0 Å². The van der Waals surface area contributed by atoms with Gasteiger partial charge in [0.15, 0.2) is 11.2 Å². The zero-order chi connectivity index (χ0) is 39.8. The van der Waals surface area contributed by atoms with Crippen molar-refractivity contribution in [1.82, 2.24) is 33.7 Å². The third kappa shape index (κ3) is 8.31.